The van der Waals surface area contributed by atoms with Crippen molar-refractivity contribution in [1.29, 1.82) is 0 Å². The number of rotatable bonds is 11. The number of benzene rings is 3. The number of hydrogen-bond acceptors (Lipinski definition) is 7. The van der Waals surface area contributed by atoms with Crippen LogP contribution in [0, 0.1) is 10.1 Å². The second-order valence-electron chi connectivity index (χ2n) is 8.47. The molecule has 0 fully saturated rings. The van der Waals surface area contributed by atoms with Gasteiger partial charge in [-0.1, -0.05) is 12.1 Å². The van der Waals surface area contributed by atoms with Crippen molar-refractivity contribution >= 4 is 23.4 Å². The lowest BCUT2D eigenvalue weighted by Crippen LogP contribution is -2.08. The van der Waals surface area contributed by atoms with Crippen molar-refractivity contribution in [2.24, 2.45) is 0 Å². The highest BCUT2D eigenvalue weighted by atomic mass is 19.4. The molecule has 0 unspecified atom stereocenters. The number of amides is 1. The van der Waals surface area contributed by atoms with Gasteiger partial charge in [-0.3, -0.25) is 14.9 Å². The molecule has 212 valence electrons. The summed E-state index contributed by atoms with van der Waals surface area (Å²) in [6.07, 6.45) is -1.74. The predicted molar refractivity (Wildman–Crippen MR) is 145 cm³/mol. The monoisotopic (exact) mass is 567 g/mol. The predicted octanol–water partition coefficient (Wildman–Crippen LogP) is 5.93. The first kappa shape index (κ1) is 29.0. The minimum atomic E-state index is -4.54. The number of non-ortho nitro benzene ring substituents is 1. The van der Waals surface area contributed by atoms with Crippen LogP contribution in [0.4, 0.5) is 24.5 Å². The quantitative estimate of drug-likeness (QED) is 0.103. The Hall–Kier alpha value is -5.04. The van der Waals surface area contributed by atoms with E-state index in [2.05, 4.69) is 15.4 Å². The van der Waals surface area contributed by atoms with Gasteiger partial charge in [0.1, 0.15) is 6.61 Å². The van der Waals surface area contributed by atoms with Crippen LogP contribution in [0.3, 0.4) is 0 Å². The standard InChI is InChI=1S/C28H24F3N5O5/c1-2-40-16-17-41-27-33-26(20-4-3-5-21(18-20)28(29,30)31)35(34-27)23-13-9-22(10-14-23)32-25(37)15-8-19-6-11-24(12-7-19)36(38)39/h3-15,18H,2,16-17H2,1H3,(H,32,37)/b15-8+. The minimum Gasteiger partial charge on any atom is -0.460 e. The second kappa shape index (κ2) is 12.9. The third-order valence-electron chi connectivity index (χ3n) is 5.61. The third kappa shape index (κ3) is 7.76. The molecule has 1 aromatic heterocycles. The summed E-state index contributed by atoms with van der Waals surface area (Å²) >= 11 is 0. The van der Waals surface area contributed by atoms with Crippen molar-refractivity contribution < 1.29 is 32.4 Å². The molecule has 0 saturated carbocycles. The van der Waals surface area contributed by atoms with Gasteiger partial charge < -0.3 is 14.8 Å². The first-order chi connectivity index (χ1) is 19.6. The van der Waals surface area contributed by atoms with Crippen LogP contribution in [0.1, 0.15) is 18.1 Å². The molecular weight excluding hydrogens is 543 g/mol. The fraction of sp³-hybridized carbons (Fsp3) is 0.179. The van der Waals surface area contributed by atoms with Gasteiger partial charge in [0.05, 0.1) is 22.8 Å². The molecule has 1 amide bonds. The Morgan fingerprint density at radius 2 is 1.80 bits per heavy atom. The van der Waals surface area contributed by atoms with Gasteiger partial charge in [-0.15, -0.1) is 5.10 Å². The molecule has 1 N–H and O–H groups in total. The number of ether oxygens (including phenoxy) is 2. The van der Waals surface area contributed by atoms with E-state index in [0.717, 1.165) is 12.1 Å². The Balaban J connectivity index is 1.53. The molecule has 1 heterocycles. The molecule has 0 atom stereocenters. The first-order valence-corrected chi connectivity index (χ1v) is 12.3. The van der Waals surface area contributed by atoms with Crippen LogP contribution in [0.15, 0.2) is 78.9 Å². The van der Waals surface area contributed by atoms with Crippen LogP contribution in [0.25, 0.3) is 23.2 Å². The van der Waals surface area contributed by atoms with E-state index in [1.165, 1.54) is 53.2 Å². The average molecular weight is 568 g/mol. The fourth-order valence-electron chi connectivity index (χ4n) is 3.64. The number of nitrogens with one attached hydrogen (secondary N) is 1. The summed E-state index contributed by atoms with van der Waals surface area (Å²) in [5.74, 6) is -0.308. The zero-order chi connectivity index (χ0) is 29.4. The molecule has 3 aromatic carbocycles. The summed E-state index contributed by atoms with van der Waals surface area (Å²) in [6.45, 7) is 2.77. The van der Waals surface area contributed by atoms with Crippen molar-refractivity contribution in [3.05, 3.63) is 100 Å². The SMILES string of the molecule is CCOCCOc1nc(-c2cccc(C(F)(F)F)c2)n(-c2ccc(NC(=O)/C=C/c3ccc([N+](=O)[O-])cc3)cc2)n1. The number of nitro groups is 1. The molecule has 0 aliphatic heterocycles. The minimum absolute atomic E-state index is 0.0362. The average Bonchev–Trinajstić information content (AvgIpc) is 3.39. The summed E-state index contributed by atoms with van der Waals surface area (Å²) in [5, 5.41) is 17.8. The highest BCUT2D eigenvalue weighted by molar-refractivity contribution is 6.02. The summed E-state index contributed by atoms with van der Waals surface area (Å²) in [7, 11) is 0. The number of aromatic nitrogens is 3. The maximum Gasteiger partial charge on any atom is 0.416 e. The Bertz CT molecular complexity index is 1530. The van der Waals surface area contributed by atoms with E-state index >= 15 is 0 Å². The van der Waals surface area contributed by atoms with Crippen molar-refractivity contribution in [3.63, 3.8) is 0 Å². The van der Waals surface area contributed by atoms with Gasteiger partial charge in [-0.2, -0.15) is 18.2 Å². The Kier molecular flexibility index (Phi) is 9.09. The number of anilines is 1. The van der Waals surface area contributed by atoms with Gasteiger partial charge in [0.25, 0.3) is 5.69 Å². The van der Waals surface area contributed by atoms with Crippen molar-refractivity contribution in [3.8, 4) is 23.1 Å². The Labute approximate surface area is 232 Å². The number of carbonyl (C=O) groups is 1. The lowest BCUT2D eigenvalue weighted by Gasteiger charge is -2.10. The lowest BCUT2D eigenvalue weighted by molar-refractivity contribution is -0.384. The number of nitro benzene ring substituents is 1. The lowest BCUT2D eigenvalue weighted by atomic mass is 10.1. The van der Waals surface area contributed by atoms with E-state index in [9.17, 15) is 28.1 Å². The number of nitrogens with zero attached hydrogens (tertiary/aromatic N) is 4. The van der Waals surface area contributed by atoms with Gasteiger partial charge >= 0.3 is 12.2 Å². The van der Waals surface area contributed by atoms with Gasteiger partial charge in [0.15, 0.2) is 5.82 Å². The van der Waals surface area contributed by atoms with Gasteiger partial charge in [0.2, 0.25) is 5.91 Å². The van der Waals surface area contributed by atoms with Gasteiger partial charge in [0, 0.05) is 36.1 Å². The first-order valence-electron chi connectivity index (χ1n) is 12.3. The topological polar surface area (TPSA) is 121 Å². The molecule has 0 aliphatic carbocycles. The molecule has 0 saturated heterocycles. The maximum atomic E-state index is 13.4. The molecular formula is C28H24F3N5O5. The van der Waals surface area contributed by atoms with E-state index in [-0.39, 0.29) is 36.3 Å². The Morgan fingerprint density at radius 1 is 1.07 bits per heavy atom. The molecule has 41 heavy (non-hydrogen) atoms. The van der Waals surface area contributed by atoms with Crippen LogP contribution in [-0.4, -0.2) is 45.4 Å². The van der Waals surface area contributed by atoms with Crippen LogP contribution >= 0.6 is 0 Å². The zero-order valence-corrected chi connectivity index (χ0v) is 21.7. The van der Waals surface area contributed by atoms with Crippen molar-refractivity contribution in [2.45, 2.75) is 13.1 Å². The van der Waals surface area contributed by atoms with Crippen molar-refractivity contribution in [2.75, 3.05) is 25.1 Å². The summed E-state index contributed by atoms with van der Waals surface area (Å²) in [6, 6.07) is 16.8. The zero-order valence-electron chi connectivity index (χ0n) is 21.7. The van der Waals surface area contributed by atoms with E-state index in [0.29, 0.717) is 23.5 Å². The smallest absolute Gasteiger partial charge is 0.416 e. The van der Waals surface area contributed by atoms with E-state index in [1.54, 1.807) is 24.3 Å². The number of halogens is 3. The van der Waals surface area contributed by atoms with Gasteiger partial charge in [-0.05, 0) is 67.1 Å². The number of alkyl halides is 3. The highest BCUT2D eigenvalue weighted by Crippen LogP contribution is 2.33. The van der Waals surface area contributed by atoms with Crippen molar-refractivity contribution in [1.82, 2.24) is 14.8 Å². The van der Waals surface area contributed by atoms with Gasteiger partial charge in [-0.25, -0.2) is 4.68 Å². The number of carbonyl (C=O) groups excluding carboxylic acids is 1. The molecule has 13 heteroatoms. The van der Waals surface area contributed by atoms with Crippen LogP contribution in [-0.2, 0) is 15.7 Å². The van der Waals surface area contributed by atoms with E-state index in [4.69, 9.17) is 9.47 Å². The van der Waals surface area contributed by atoms with E-state index in [1.807, 2.05) is 6.92 Å². The fourth-order valence-corrected chi connectivity index (χ4v) is 3.64. The molecule has 0 radical (unpaired) electrons. The molecule has 0 spiro atoms. The largest absolute Gasteiger partial charge is 0.460 e. The second-order valence-corrected chi connectivity index (χ2v) is 8.47. The van der Waals surface area contributed by atoms with Crippen LogP contribution in [0.5, 0.6) is 6.01 Å². The third-order valence-corrected chi connectivity index (χ3v) is 5.61. The maximum absolute atomic E-state index is 13.4. The molecule has 10 nitrogen and oxygen atoms in total. The van der Waals surface area contributed by atoms with Crippen LogP contribution < -0.4 is 10.1 Å². The highest BCUT2D eigenvalue weighted by Gasteiger charge is 2.31. The Morgan fingerprint density at radius 3 is 2.46 bits per heavy atom. The summed E-state index contributed by atoms with van der Waals surface area (Å²) in [5.41, 5.74) is 0.808. The molecule has 4 rings (SSSR count). The molecule has 4 aromatic rings. The summed E-state index contributed by atoms with van der Waals surface area (Å²) < 4.78 is 52.2. The number of hydrogen-bond donors (Lipinski definition) is 1. The van der Waals surface area contributed by atoms with E-state index < -0.39 is 22.6 Å². The molecule has 0 bridgehead atoms. The summed E-state index contributed by atoms with van der Waals surface area (Å²) in [4.78, 5) is 26.9. The molecule has 0 aliphatic rings. The van der Waals surface area contributed by atoms with Crippen LogP contribution in [0.2, 0.25) is 0 Å². The normalized spacial score (nSPS) is 11.5.